The third-order valence-electron chi connectivity index (χ3n) is 4.00. The number of benzene rings is 1. The summed E-state index contributed by atoms with van der Waals surface area (Å²) >= 11 is 12.0. The SMILES string of the molecule is O=c1nc2n(C[C@H](O)[C@H](O)[C@H](O)CO)c3cc(Cl)c(Cl)cc3nc-2c(=O)[nH]1. The maximum absolute atomic E-state index is 12.1. The summed E-state index contributed by atoms with van der Waals surface area (Å²) in [5, 5.41) is 38.9. The Kier molecular flexibility index (Phi) is 5.47. The molecule has 3 atom stereocenters. The summed E-state index contributed by atoms with van der Waals surface area (Å²) < 4.78 is 1.26. The summed E-state index contributed by atoms with van der Waals surface area (Å²) in [5.74, 6) is -0.153. The third-order valence-corrected chi connectivity index (χ3v) is 4.72. The number of hydrogen-bond donors (Lipinski definition) is 5. The van der Waals surface area contributed by atoms with Crippen LogP contribution in [0.5, 0.6) is 0 Å². The Morgan fingerprint density at radius 2 is 1.74 bits per heavy atom. The maximum Gasteiger partial charge on any atom is 0.349 e. The molecule has 0 amide bonds. The molecule has 3 rings (SSSR count). The van der Waals surface area contributed by atoms with Gasteiger partial charge in [0.25, 0.3) is 5.56 Å². The highest BCUT2D eigenvalue weighted by molar-refractivity contribution is 6.42. The number of halogens is 2. The van der Waals surface area contributed by atoms with Gasteiger partial charge in [0.1, 0.15) is 18.3 Å². The first-order valence-electron chi connectivity index (χ1n) is 7.67. The highest BCUT2D eigenvalue weighted by Gasteiger charge is 2.27. The monoisotopic (exact) mass is 416 g/mol. The molecule has 2 aliphatic rings. The van der Waals surface area contributed by atoms with Crippen molar-refractivity contribution in [2.75, 3.05) is 6.61 Å². The lowest BCUT2D eigenvalue weighted by atomic mass is 10.1. The molecule has 0 saturated carbocycles. The molecular formula is C15H14Cl2N4O6. The minimum Gasteiger partial charge on any atom is -0.394 e. The molecule has 0 saturated heterocycles. The topological polar surface area (TPSA) is 162 Å². The summed E-state index contributed by atoms with van der Waals surface area (Å²) in [6.07, 6.45) is -4.86. The number of H-pyrrole nitrogens is 1. The molecule has 12 heteroatoms. The van der Waals surface area contributed by atoms with Crippen molar-refractivity contribution in [2.45, 2.75) is 24.9 Å². The summed E-state index contributed by atoms with van der Waals surface area (Å²) in [5.41, 5.74) is -1.40. The standard InChI is InChI=1S/C15H14Cl2N4O6/c16-5-1-7-8(2-6(5)17)21(3-9(23)12(25)10(24)4-22)13-11(18-7)14(26)20-15(27)19-13/h1-2,9-10,12,22-25H,3-4H2,(H,20,26,27)/t9-,10+,12-/m0/s1. The van der Waals surface area contributed by atoms with E-state index in [4.69, 9.17) is 28.3 Å². The van der Waals surface area contributed by atoms with Crippen molar-refractivity contribution in [3.8, 4) is 11.5 Å². The van der Waals surface area contributed by atoms with E-state index in [1.165, 1.54) is 16.7 Å². The van der Waals surface area contributed by atoms with Crippen LogP contribution in [0.1, 0.15) is 0 Å². The Bertz CT molecular complexity index is 1080. The second-order valence-corrected chi connectivity index (χ2v) is 6.64. The van der Waals surface area contributed by atoms with Gasteiger partial charge in [-0.3, -0.25) is 9.78 Å². The molecule has 0 bridgehead atoms. The van der Waals surface area contributed by atoms with E-state index in [0.717, 1.165) is 0 Å². The summed E-state index contributed by atoms with van der Waals surface area (Å²) in [6, 6.07) is 2.80. The van der Waals surface area contributed by atoms with Crippen LogP contribution in [0.3, 0.4) is 0 Å². The van der Waals surface area contributed by atoms with Crippen LogP contribution in [0.4, 0.5) is 0 Å². The summed E-state index contributed by atoms with van der Waals surface area (Å²) in [6.45, 7) is -1.16. The van der Waals surface area contributed by atoms with E-state index in [1.807, 2.05) is 4.98 Å². The van der Waals surface area contributed by atoms with Gasteiger partial charge in [-0.15, -0.1) is 0 Å². The van der Waals surface area contributed by atoms with Crippen LogP contribution >= 0.6 is 23.2 Å². The van der Waals surface area contributed by atoms with Gasteiger partial charge in [0.15, 0.2) is 11.5 Å². The Balaban J connectivity index is 2.28. The highest BCUT2D eigenvalue weighted by Crippen LogP contribution is 2.29. The molecule has 0 unspecified atom stereocenters. The lowest BCUT2D eigenvalue weighted by Crippen LogP contribution is -2.42. The molecule has 1 aromatic rings. The Morgan fingerprint density at radius 1 is 1.07 bits per heavy atom. The van der Waals surface area contributed by atoms with Crippen molar-refractivity contribution in [3.63, 3.8) is 0 Å². The molecule has 10 nitrogen and oxygen atoms in total. The fourth-order valence-corrected chi connectivity index (χ4v) is 2.95. The van der Waals surface area contributed by atoms with Crippen LogP contribution in [0.2, 0.25) is 10.0 Å². The predicted octanol–water partition coefficient (Wildman–Crippen LogP) is -1.03. The molecule has 0 aliphatic carbocycles. The smallest absolute Gasteiger partial charge is 0.349 e. The lowest BCUT2D eigenvalue weighted by Gasteiger charge is -2.24. The average Bonchev–Trinajstić information content (AvgIpc) is 2.62. The van der Waals surface area contributed by atoms with Crippen LogP contribution < -0.4 is 11.2 Å². The van der Waals surface area contributed by atoms with Crippen molar-refractivity contribution < 1.29 is 20.4 Å². The van der Waals surface area contributed by atoms with E-state index in [2.05, 4.69) is 9.97 Å². The van der Waals surface area contributed by atoms with Gasteiger partial charge in [-0.05, 0) is 12.1 Å². The van der Waals surface area contributed by atoms with Crippen LogP contribution in [0, 0.1) is 0 Å². The molecule has 144 valence electrons. The molecule has 2 aliphatic heterocycles. The van der Waals surface area contributed by atoms with Gasteiger partial charge in [0.2, 0.25) is 0 Å². The zero-order chi connectivity index (χ0) is 19.9. The quantitative estimate of drug-likeness (QED) is 0.329. The summed E-state index contributed by atoms with van der Waals surface area (Å²) in [4.78, 5) is 33.6. The molecule has 1 aromatic carbocycles. The number of rotatable bonds is 5. The van der Waals surface area contributed by atoms with E-state index >= 15 is 0 Å². The van der Waals surface area contributed by atoms with Crippen LogP contribution in [0.25, 0.3) is 22.6 Å². The van der Waals surface area contributed by atoms with Gasteiger partial charge in [-0.1, -0.05) is 23.2 Å². The van der Waals surface area contributed by atoms with E-state index in [1.54, 1.807) is 0 Å². The minimum absolute atomic E-state index is 0.150. The van der Waals surface area contributed by atoms with E-state index in [-0.39, 0.29) is 39.1 Å². The van der Waals surface area contributed by atoms with E-state index in [9.17, 15) is 24.9 Å². The molecule has 27 heavy (non-hydrogen) atoms. The largest absolute Gasteiger partial charge is 0.394 e. The number of nitrogens with one attached hydrogen (secondary N) is 1. The molecular weight excluding hydrogens is 403 g/mol. The zero-order valence-electron chi connectivity index (χ0n) is 13.5. The second-order valence-electron chi connectivity index (χ2n) is 5.83. The fraction of sp³-hybridized carbons (Fsp3) is 0.333. The normalized spacial score (nSPS) is 15.2. The van der Waals surface area contributed by atoms with Crippen molar-refractivity contribution >= 4 is 34.2 Å². The molecule has 5 N–H and O–H groups in total. The van der Waals surface area contributed by atoms with E-state index in [0.29, 0.717) is 0 Å². The summed E-state index contributed by atoms with van der Waals surface area (Å²) in [7, 11) is 0. The number of hydrogen-bond acceptors (Lipinski definition) is 8. The Labute approximate surface area is 160 Å². The van der Waals surface area contributed by atoms with Crippen molar-refractivity contribution in [2.24, 2.45) is 0 Å². The Morgan fingerprint density at radius 3 is 2.41 bits per heavy atom. The fourth-order valence-electron chi connectivity index (χ4n) is 2.63. The van der Waals surface area contributed by atoms with Gasteiger partial charge in [-0.25, -0.2) is 9.78 Å². The molecule has 0 spiro atoms. The first-order chi connectivity index (χ1) is 12.7. The van der Waals surface area contributed by atoms with Crippen molar-refractivity contribution in [3.05, 3.63) is 43.0 Å². The van der Waals surface area contributed by atoms with Gasteiger partial charge in [0.05, 0.1) is 34.2 Å². The molecule has 0 fully saturated rings. The van der Waals surface area contributed by atoms with Gasteiger partial charge >= 0.3 is 5.69 Å². The predicted molar refractivity (Wildman–Crippen MR) is 96.2 cm³/mol. The van der Waals surface area contributed by atoms with Gasteiger partial charge in [0, 0.05) is 0 Å². The van der Waals surface area contributed by atoms with E-state index < -0.39 is 36.2 Å². The van der Waals surface area contributed by atoms with Crippen LogP contribution in [-0.4, -0.2) is 64.9 Å². The number of aliphatic hydroxyl groups excluding tert-OH is 4. The molecule has 0 aromatic heterocycles. The van der Waals surface area contributed by atoms with Crippen LogP contribution in [0.15, 0.2) is 21.7 Å². The number of nitrogens with zero attached hydrogens (tertiary/aromatic N) is 3. The van der Waals surface area contributed by atoms with Crippen LogP contribution in [-0.2, 0) is 6.54 Å². The van der Waals surface area contributed by atoms with Gasteiger partial charge < -0.3 is 25.0 Å². The molecule has 2 heterocycles. The van der Waals surface area contributed by atoms with Crippen molar-refractivity contribution in [1.29, 1.82) is 0 Å². The lowest BCUT2D eigenvalue weighted by molar-refractivity contribution is -0.0802. The molecule has 0 radical (unpaired) electrons. The average molecular weight is 417 g/mol. The second kappa shape index (κ2) is 7.50. The third kappa shape index (κ3) is 3.68. The number of aromatic nitrogens is 4. The number of fused-ring (bicyclic) bond motifs is 2. The first-order valence-corrected chi connectivity index (χ1v) is 8.43. The van der Waals surface area contributed by atoms with Crippen molar-refractivity contribution in [1.82, 2.24) is 19.5 Å². The Hall–Kier alpha value is -2.08. The number of aromatic amines is 1. The highest BCUT2D eigenvalue weighted by atomic mass is 35.5. The number of aliphatic hydroxyl groups is 4. The maximum atomic E-state index is 12.1. The first kappa shape index (κ1) is 19.7. The van der Waals surface area contributed by atoms with Gasteiger partial charge in [-0.2, -0.15) is 4.98 Å². The zero-order valence-corrected chi connectivity index (χ0v) is 15.0. The minimum atomic E-state index is -1.70.